The molecule has 0 amide bonds. The van der Waals surface area contributed by atoms with Crippen molar-refractivity contribution in [1.29, 1.82) is 0 Å². The van der Waals surface area contributed by atoms with Crippen LogP contribution in [0, 0.1) is 0 Å². The number of carbonyl (C=O) groups excluding carboxylic acids is 1. The number of aromatic nitrogens is 1. The molecule has 3 aromatic rings. The molecule has 130 valence electrons. The lowest BCUT2D eigenvalue weighted by molar-refractivity contribution is 0.0728. The van der Waals surface area contributed by atoms with E-state index in [1.165, 1.54) is 0 Å². The number of benzene rings is 2. The Balaban J connectivity index is 1.80. The summed E-state index contributed by atoms with van der Waals surface area (Å²) in [6.45, 7) is 2.36. The molecule has 0 bridgehead atoms. The number of hydrogen-bond acceptors (Lipinski definition) is 4. The summed E-state index contributed by atoms with van der Waals surface area (Å²) in [6, 6.07) is 20.1. The van der Waals surface area contributed by atoms with Crippen molar-refractivity contribution in [3.05, 3.63) is 89.7 Å². The number of pyridine rings is 1. The number of carbonyl (C=O) groups is 1. The van der Waals surface area contributed by atoms with Gasteiger partial charge >= 0.3 is 5.97 Å². The summed E-state index contributed by atoms with van der Waals surface area (Å²) in [5, 5.41) is 0. The monoisotopic (exact) mass is 345 g/mol. The zero-order valence-electron chi connectivity index (χ0n) is 14.5. The zero-order chi connectivity index (χ0) is 18.2. The van der Waals surface area contributed by atoms with E-state index in [0.29, 0.717) is 23.7 Å². The highest BCUT2D eigenvalue weighted by Crippen LogP contribution is 2.30. The van der Waals surface area contributed by atoms with Crippen molar-refractivity contribution in [2.45, 2.75) is 6.92 Å². The SMILES string of the molecule is CCOc1cc(/C=C/c2ccccn2)ccc1OC(=O)c1ccccc1. The van der Waals surface area contributed by atoms with Crippen molar-refractivity contribution in [2.24, 2.45) is 0 Å². The summed E-state index contributed by atoms with van der Waals surface area (Å²) >= 11 is 0. The van der Waals surface area contributed by atoms with Gasteiger partial charge in [-0.2, -0.15) is 0 Å². The summed E-state index contributed by atoms with van der Waals surface area (Å²) in [4.78, 5) is 16.5. The highest BCUT2D eigenvalue weighted by Gasteiger charge is 2.12. The quantitative estimate of drug-likeness (QED) is 0.472. The first-order chi connectivity index (χ1) is 12.8. The Morgan fingerprint density at radius 3 is 2.50 bits per heavy atom. The molecule has 1 heterocycles. The smallest absolute Gasteiger partial charge is 0.343 e. The fourth-order valence-electron chi connectivity index (χ4n) is 2.37. The van der Waals surface area contributed by atoms with Gasteiger partial charge in [-0.1, -0.05) is 36.4 Å². The van der Waals surface area contributed by atoms with Crippen LogP contribution in [0.1, 0.15) is 28.5 Å². The van der Waals surface area contributed by atoms with Crippen LogP contribution in [-0.4, -0.2) is 17.6 Å². The van der Waals surface area contributed by atoms with E-state index in [0.717, 1.165) is 11.3 Å². The zero-order valence-corrected chi connectivity index (χ0v) is 14.5. The summed E-state index contributed by atoms with van der Waals surface area (Å²) in [5.74, 6) is 0.513. The number of esters is 1. The fraction of sp³-hybridized carbons (Fsp3) is 0.0909. The first-order valence-corrected chi connectivity index (χ1v) is 8.39. The maximum absolute atomic E-state index is 12.3. The minimum atomic E-state index is -0.414. The van der Waals surface area contributed by atoms with Crippen LogP contribution in [0.15, 0.2) is 72.9 Å². The third-order valence-electron chi connectivity index (χ3n) is 3.61. The van der Waals surface area contributed by atoms with Gasteiger partial charge in [0.1, 0.15) is 0 Å². The minimum absolute atomic E-state index is 0.399. The van der Waals surface area contributed by atoms with E-state index in [1.807, 2.05) is 55.5 Å². The fourth-order valence-corrected chi connectivity index (χ4v) is 2.37. The third-order valence-corrected chi connectivity index (χ3v) is 3.61. The molecule has 1 aromatic heterocycles. The molecule has 4 nitrogen and oxygen atoms in total. The molecule has 0 aliphatic heterocycles. The molecule has 0 aliphatic rings. The van der Waals surface area contributed by atoms with Gasteiger partial charge in [-0.05, 0) is 55.0 Å². The predicted molar refractivity (Wildman–Crippen MR) is 102 cm³/mol. The summed E-state index contributed by atoms with van der Waals surface area (Å²) in [5.41, 5.74) is 2.29. The largest absolute Gasteiger partial charge is 0.490 e. The van der Waals surface area contributed by atoms with Gasteiger partial charge in [0.25, 0.3) is 0 Å². The Bertz CT molecular complexity index is 890. The second-order valence-electron chi connectivity index (χ2n) is 5.48. The van der Waals surface area contributed by atoms with Gasteiger partial charge in [0, 0.05) is 6.20 Å². The Labute approximate surface area is 152 Å². The molecule has 0 radical (unpaired) electrons. The molecule has 26 heavy (non-hydrogen) atoms. The summed E-state index contributed by atoms with van der Waals surface area (Å²) in [6.07, 6.45) is 5.60. The van der Waals surface area contributed by atoms with Crippen LogP contribution in [0.4, 0.5) is 0 Å². The van der Waals surface area contributed by atoms with Crippen LogP contribution in [-0.2, 0) is 0 Å². The van der Waals surface area contributed by atoms with Crippen LogP contribution in [0.2, 0.25) is 0 Å². The topological polar surface area (TPSA) is 48.4 Å². The second-order valence-corrected chi connectivity index (χ2v) is 5.48. The molecule has 0 saturated carbocycles. The van der Waals surface area contributed by atoms with Crippen LogP contribution in [0.5, 0.6) is 11.5 Å². The first-order valence-electron chi connectivity index (χ1n) is 8.39. The number of rotatable bonds is 6. The molecular formula is C22H19NO3. The van der Waals surface area contributed by atoms with Gasteiger partial charge in [-0.3, -0.25) is 4.98 Å². The lowest BCUT2D eigenvalue weighted by atomic mass is 10.1. The van der Waals surface area contributed by atoms with Gasteiger partial charge in [-0.25, -0.2) is 4.79 Å². The molecule has 0 unspecified atom stereocenters. The molecule has 4 heteroatoms. The highest BCUT2D eigenvalue weighted by molar-refractivity contribution is 5.91. The summed E-state index contributed by atoms with van der Waals surface area (Å²) in [7, 11) is 0. The number of hydrogen-bond donors (Lipinski definition) is 0. The van der Waals surface area contributed by atoms with Crippen LogP contribution in [0.3, 0.4) is 0 Å². The average Bonchev–Trinajstić information content (AvgIpc) is 2.69. The van der Waals surface area contributed by atoms with E-state index in [-0.39, 0.29) is 0 Å². The van der Waals surface area contributed by atoms with E-state index < -0.39 is 5.97 Å². The van der Waals surface area contributed by atoms with Crippen molar-refractivity contribution in [2.75, 3.05) is 6.61 Å². The van der Waals surface area contributed by atoms with Gasteiger partial charge in [-0.15, -0.1) is 0 Å². The predicted octanol–water partition coefficient (Wildman–Crippen LogP) is 4.87. The molecule has 0 saturated heterocycles. The molecule has 0 fully saturated rings. The van der Waals surface area contributed by atoms with Gasteiger partial charge in [0.05, 0.1) is 17.9 Å². The maximum Gasteiger partial charge on any atom is 0.343 e. The molecule has 0 atom stereocenters. The average molecular weight is 345 g/mol. The Morgan fingerprint density at radius 1 is 0.962 bits per heavy atom. The molecule has 2 aromatic carbocycles. The Kier molecular flexibility index (Phi) is 5.78. The lowest BCUT2D eigenvalue weighted by Gasteiger charge is -2.11. The minimum Gasteiger partial charge on any atom is -0.490 e. The Hall–Kier alpha value is -3.40. The Morgan fingerprint density at radius 2 is 1.77 bits per heavy atom. The van der Waals surface area contributed by atoms with Crippen molar-refractivity contribution in [3.8, 4) is 11.5 Å². The number of ether oxygens (including phenoxy) is 2. The maximum atomic E-state index is 12.3. The number of nitrogens with zero attached hydrogens (tertiary/aromatic N) is 1. The van der Waals surface area contributed by atoms with Crippen molar-refractivity contribution in [3.63, 3.8) is 0 Å². The molecule has 0 aliphatic carbocycles. The van der Waals surface area contributed by atoms with Gasteiger partial charge in [0.15, 0.2) is 11.5 Å². The van der Waals surface area contributed by atoms with E-state index in [1.54, 1.807) is 36.5 Å². The van der Waals surface area contributed by atoms with Crippen LogP contribution < -0.4 is 9.47 Å². The van der Waals surface area contributed by atoms with E-state index in [4.69, 9.17) is 9.47 Å². The third kappa shape index (κ3) is 4.57. The van der Waals surface area contributed by atoms with Crippen molar-refractivity contribution in [1.82, 2.24) is 4.98 Å². The van der Waals surface area contributed by atoms with Crippen LogP contribution >= 0.6 is 0 Å². The van der Waals surface area contributed by atoms with E-state index in [9.17, 15) is 4.79 Å². The first kappa shape index (κ1) is 17.4. The van der Waals surface area contributed by atoms with E-state index in [2.05, 4.69) is 4.98 Å². The second kappa shape index (κ2) is 8.62. The molecule has 0 spiro atoms. The van der Waals surface area contributed by atoms with E-state index >= 15 is 0 Å². The summed E-state index contributed by atoms with van der Waals surface area (Å²) < 4.78 is 11.1. The molecule has 0 N–H and O–H groups in total. The molecule has 3 rings (SSSR count). The molecular weight excluding hydrogens is 326 g/mol. The normalized spacial score (nSPS) is 10.7. The van der Waals surface area contributed by atoms with Gasteiger partial charge < -0.3 is 9.47 Å². The van der Waals surface area contributed by atoms with Gasteiger partial charge in [0.2, 0.25) is 0 Å². The lowest BCUT2D eigenvalue weighted by Crippen LogP contribution is -2.09. The van der Waals surface area contributed by atoms with Crippen LogP contribution in [0.25, 0.3) is 12.2 Å². The van der Waals surface area contributed by atoms with Crippen molar-refractivity contribution >= 4 is 18.1 Å². The standard InChI is InChI=1S/C22H19NO3/c1-2-25-21-16-17(11-13-19-10-6-7-15-23-19)12-14-20(21)26-22(24)18-8-4-3-5-9-18/h3-16H,2H2,1H3/b13-11+. The highest BCUT2D eigenvalue weighted by atomic mass is 16.6. The van der Waals surface area contributed by atoms with Crippen molar-refractivity contribution < 1.29 is 14.3 Å².